The van der Waals surface area contributed by atoms with E-state index in [9.17, 15) is 14.4 Å². The Bertz CT molecular complexity index is 1420. The number of esters is 1. The van der Waals surface area contributed by atoms with Crippen molar-refractivity contribution in [1.82, 2.24) is 9.55 Å². The first-order valence-corrected chi connectivity index (χ1v) is 11.5. The molecular weight excluding hydrogens is 478 g/mol. The maximum Gasteiger partial charge on any atom is 0.337 e. The maximum absolute atomic E-state index is 13.3. The summed E-state index contributed by atoms with van der Waals surface area (Å²) in [5, 5.41) is 3.23. The van der Waals surface area contributed by atoms with Gasteiger partial charge in [-0.3, -0.25) is 14.2 Å². The molecule has 34 heavy (non-hydrogen) atoms. The summed E-state index contributed by atoms with van der Waals surface area (Å²) < 4.78 is 11.6. The first-order chi connectivity index (χ1) is 16.4. The summed E-state index contributed by atoms with van der Waals surface area (Å²) in [7, 11) is 1.28. The molecule has 0 saturated heterocycles. The summed E-state index contributed by atoms with van der Waals surface area (Å²) in [4.78, 5) is 42.8. The number of carbonyl (C=O) groups is 2. The number of furan rings is 1. The highest BCUT2D eigenvalue weighted by molar-refractivity contribution is 8.00. The number of aromatic nitrogens is 2. The van der Waals surface area contributed by atoms with Crippen molar-refractivity contribution in [3.8, 4) is 0 Å². The molecule has 0 spiro atoms. The van der Waals surface area contributed by atoms with Crippen LogP contribution in [-0.4, -0.2) is 33.8 Å². The van der Waals surface area contributed by atoms with Crippen LogP contribution in [0.25, 0.3) is 10.9 Å². The molecule has 0 fully saturated rings. The lowest BCUT2D eigenvalue weighted by molar-refractivity contribution is -0.115. The SMILES string of the molecule is COC(=O)c1ccc2c(=O)n(Cc3ccco3)c(SC(C)C(=O)Nc3ccccc3Cl)nc2c1. The molecule has 0 aliphatic carbocycles. The second kappa shape index (κ2) is 10.1. The maximum atomic E-state index is 13.3. The second-order valence-electron chi connectivity index (χ2n) is 7.32. The molecule has 0 saturated carbocycles. The number of halogens is 1. The Labute approximate surface area is 203 Å². The molecule has 1 N–H and O–H groups in total. The molecule has 0 aliphatic heterocycles. The first-order valence-electron chi connectivity index (χ1n) is 10.2. The number of fused-ring (bicyclic) bond motifs is 1. The number of nitrogens with zero attached hydrogens (tertiary/aromatic N) is 2. The summed E-state index contributed by atoms with van der Waals surface area (Å²) in [6.07, 6.45) is 1.52. The molecule has 1 atom stereocenters. The summed E-state index contributed by atoms with van der Waals surface area (Å²) in [6, 6.07) is 14.9. The van der Waals surface area contributed by atoms with Gasteiger partial charge in [0.15, 0.2) is 5.16 Å². The van der Waals surface area contributed by atoms with Gasteiger partial charge < -0.3 is 14.5 Å². The summed E-state index contributed by atoms with van der Waals surface area (Å²) in [5.74, 6) is -0.282. The number of hydrogen-bond acceptors (Lipinski definition) is 7. The van der Waals surface area contributed by atoms with Crippen LogP contribution in [0.4, 0.5) is 5.69 Å². The van der Waals surface area contributed by atoms with Gasteiger partial charge in [0.2, 0.25) is 5.91 Å². The number of para-hydroxylation sites is 1. The summed E-state index contributed by atoms with van der Waals surface area (Å²) in [6.45, 7) is 1.84. The Morgan fingerprint density at radius 1 is 1.21 bits per heavy atom. The van der Waals surface area contributed by atoms with Gasteiger partial charge in [0.05, 0.1) is 52.3 Å². The highest BCUT2D eigenvalue weighted by Crippen LogP contribution is 2.26. The summed E-state index contributed by atoms with van der Waals surface area (Å²) in [5.41, 5.74) is 0.763. The Balaban J connectivity index is 1.72. The zero-order chi connectivity index (χ0) is 24.2. The Kier molecular flexibility index (Phi) is 7.04. The molecule has 4 aromatic rings. The lowest BCUT2D eigenvalue weighted by Gasteiger charge is -2.16. The van der Waals surface area contributed by atoms with Crippen LogP contribution in [0.1, 0.15) is 23.0 Å². The topological polar surface area (TPSA) is 103 Å². The fourth-order valence-corrected chi connectivity index (χ4v) is 4.33. The predicted octanol–water partition coefficient (Wildman–Crippen LogP) is 4.60. The smallest absolute Gasteiger partial charge is 0.337 e. The van der Waals surface area contributed by atoms with Gasteiger partial charge in [0.25, 0.3) is 5.56 Å². The highest BCUT2D eigenvalue weighted by Gasteiger charge is 2.21. The predicted molar refractivity (Wildman–Crippen MR) is 131 cm³/mol. The molecule has 10 heteroatoms. The molecule has 1 amide bonds. The highest BCUT2D eigenvalue weighted by atomic mass is 35.5. The molecule has 2 aromatic heterocycles. The third kappa shape index (κ3) is 5.00. The van der Waals surface area contributed by atoms with Crippen LogP contribution in [0.2, 0.25) is 5.02 Å². The number of hydrogen-bond donors (Lipinski definition) is 1. The Morgan fingerprint density at radius 2 is 2.00 bits per heavy atom. The molecule has 2 heterocycles. The fraction of sp³-hybridized carbons (Fsp3) is 0.167. The van der Waals surface area contributed by atoms with E-state index in [0.717, 1.165) is 11.8 Å². The van der Waals surface area contributed by atoms with Crippen molar-refractivity contribution in [3.63, 3.8) is 0 Å². The van der Waals surface area contributed by atoms with Gasteiger partial charge in [-0.15, -0.1) is 0 Å². The number of nitrogens with one attached hydrogen (secondary N) is 1. The third-order valence-electron chi connectivity index (χ3n) is 5.02. The van der Waals surface area contributed by atoms with E-state index in [-0.39, 0.29) is 23.6 Å². The van der Waals surface area contributed by atoms with E-state index >= 15 is 0 Å². The van der Waals surface area contributed by atoms with Gasteiger partial charge in [-0.25, -0.2) is 9.78 Å². The minimum atomic E-state index is -0.618. The van der Waals surface area contributed by atoms with Crippen molar-refractivity contribution < 1.29 is 18.7 Å². The van der Waals surface area contributed by atoms with Crippen LogP contribution in [0.5, 0.6) is 0 Å². The van der Waals surface area contributed by atoms with Crippen LogP contribution in [-0.2, 0) is 16.1 Å². The Morgan fingerprint density at radius 3 is 2.71 bits per heavy atom. The lowest BCUT2D eigenvalue weighted by Crippen LogP contribution is -2.27. The largest absolute Gasteiger partial charge is 0.467 e. The molecule has 0 aliphatic rings. The van der Waals surface area contributed by atoms with E-state index in [1.54, 1.807) is 43.3 Å². The standard InChI is InChI=1S/C24H20ClN3O5S/c1-14(21(29)26-19-8-4-3-7-18(19)25)34-24-27-20-12-15(23(31)32-2)9-10-17(20)22(30)28(24)13-16-6-5-11-33-16/h3-12,14H,13H2,1-2H3,(H,26,29). The van der Waals surface area contributed by atoms with E-state index in [1.807, 2.05) is 0 Å². The average molecular weight is 498 g/mol. The number of benzene rings is 2. The van der Waals surface area contributed by atoms with E-state index in [4.69, 9.17) is 20.8 Å². The van der Waals surface area contributed by atoms with E-state index in [1.165, 1.54) is 36.1 Å². The van der Waals surface area contributed by atoms with E-state index in [2.05, 4.69) is 10.3 Å². The molecule has 0 radical (unpaired) electrons. The van der Waals surface area contributed by atoms with Gasteiger partial charge in [-0.2, -0.15) is 0 Å². The zero-order valence-corrected chi connectivity index (χ0v) is 19.9. The number of ether oxygens (including phenoxy) is 1. The quantitative estimate of drug-likeness (QED) is 0.226. The normalized spacial score (nSPS) is 11.9. The van der Waals surface area contributed by atoms with Gasteiger partial charge in [-0.05, 0) is 49.4 Å². The average Bonchev–Trinajstić information content (AvgIpc) is 3.35. The molecular formula is C24H20ClN3O5S. The third-order valence-corrected chi connectivity index (χ3v) is 6.44. The number of amides is 1. The van der Waals surface area contributed by atoms with Crippen LogP contribution in [0.3, 0.4) is 0 Å². The minimum absolute atomic E-state index is 0.134. The van der Waals surface area contributed by atoms with Gasteiger partial charge in [0, 0.05) is 0 Å². The number of rotatable bonds is 7. The van der Waals surface area contributed by atoms with Crippen molar-refractivity contribution in [1.29, 1.82) is 0 Å². The van der Waals surface area contributed by atoms with Crippen LogP contribution in [0, 0.1) is 0 Å². The fourth-order valence-electron chi connectivity index (χ4n) is 3.24. The molecule has 4 rings (SSSR count). The molecule has 0 bridgehead atoms. The monoisotopic (exact) mass is 497 g/mol. The van der Waals surface area contributed by atoms with Gasteiger partial charge >= 0.3 is 5.97 Å². The molecule has 2 aromatic carbocycles. The number of thioether (sulfide) groups is 1. The molecule has 174 valence electrons. The van der Waals surface area contributed by atoms with E-state index in [0.29, 0.717) is 32.5 Å². The van der Waals surface area contributed by atoms with Crippen molar-refractivity contribution in [2.24, 2.45) is 0 Å². The number of methoxy groups -OCH3 is 1. The molecule has 8 nitrogen and oxygen atoms in total. The zero-order valence-electron chi connectivity index (χ0n) is 18.3. The van der Waals surface area contributed by atoms with E-state index < -0.39 is 11.2 Å². The Hall–Kier alpha value is -3.56. The minimum Gasteiger partial charge on any atom is -0.467 e. The number of anilines is 1. The van der Waals surface area contributed by atoms with Crippen molar-refractivity contribution in [3.05, 3.63) is 87.6 Å². The van der Waals surface area contributed by atoms with Crippen molar-refractivity contribution >= 4 is 51.8 Å². The first kappa shape index (κ1) is 23.6. The van der Waals surface area contributed by atoms with Gasteiger partial charge in [0.1, 0.15) is 5.76 Å². The summed E-state index contributed by atoms with van der Waals surface area (Å²) >= 11 is 7.26. The van der Waals surface area contributed by atoms with Crippen LogP contribution in [0.15, 0.2) is 75.2 Å². The second-order valence-corrected chi connectivity index (χ2v) is 9.03. The lowest BCUT2D eigenvalue weighted by atomic mass is 10.1. The van der Waals surface area contributed by atoms with Crippen LogP contribution < -0.4 is 10.9 Å². The van der Waals surface area contributed by atoms with Crippen LogP contribution >= 0.6 is 23.4 Å². The number of carbonyl (C=O) groups excluding carboxylic acids is 2. The van der Waals surface area contributed by atoms with Crippen molar-refractivity contribution in [2.75, 3.05) is 12.4 Å². The van der Waals surface area contributed by atoms with Crippen molar-refractivity contribution in [2.45, 2.75) is 23.9 Å². The van der Waals surface area contributed by atoms with Gasteiger partial charge in [-0.1, -0.05) is 35.5 Å². The molecule has 1 unspecified atom stereocenters.